The van der Waals surface area contributed by atoms with Crippen LogP contribution in [0.1, 0.15) is 56.7 Å². The highest BCUT2D eigenvalue weighted by Crippen LogP contribution is 2.53. The number of hydrogen-bond donors (Lipinski definition) is 0. The third-order valence-electron chi connectivity index (χ3n) is 6.11. The molecule has 1 fully saturated rings. The first-order valence-electron chi connectivity index (χ1n) is 10.8. The lowest BCUT2D eigenvalue weighted by Crippen LogP contribution is -2.35. The molecule has 4 heteroatoms. The van der Waals surface area contributed by atoms with Gasteiger partial charge < -0.3 is 4.52 Å². The predicted octanol–water partition coefficient (Wildman–Crippen LogP) is 6.99. The van der Waals surface area contributed by atoms with E-state index in [4.69, 9.17) is 9.05 Å². The van der Waals surface area contributed by atoms with Crippen LogP contribution in [0.15, 0.2) is 42.5 Å². The topological polar surface area (TPSA) is 35.5 Å². The van der Waals surface area contributed by atoms with E-state index in [0.717, 1.165) is 29.5 Å². The van der Waals surface area contributed by atoms with Gasteiger partial charge in [-0.1, -0.05) is 63.1 Å². The van der Waals surface area contributed by atoms with Crippen molar-refractivity contribution < 1.29 is 13.6 Å². The summed E-state index contributed by atoms with van der Waals surface area (Å²) in [6, 6.07) is 13.5. The fourth-order valence-electron chi connectivity index (χ4n) is 4.76. The van der Waals surface area contributed by atoms with Gasteiger partial charge in [0.2, 0.25) is 0 Å². The molecule has 0 amide bonds. The first-order chi connectivity index (χ1) is 13.7. The van der Waals surface area contributed by atoms with Gasteiger partial charge in [-0.3, -0.25) is 4.52 Å². The summed E-state index contributed by atoms with van der Waals surface area (Å²) >= 11 is 0. The standard InChI is InChI=1S/C25H35O3P/c1-17(2)23-13-12-18(3)16-24(23)28-29(26,27-22-10-8-7-9-11-22)25-20(5)14-19(4)15-21(25)6/h7-11,14-15,17-18,23-24H,12-13,16H2,1-6H3/t18-,23+,24-,29?/m0/s1. The van der Waals surface area contributed by atoms with Gasteiger partial charge in [-0.05, 0) is 74.6 Å². The van der Waals surface area contributed by atoms with E-state index in [1.165, 1.54) is 6.42 Å². The molecule has 3 rings (SSSR count). The Morgan fingerprint density at radius 2 is 1.62 bits per heavy atom. The average molecular weight is 415 g/mol. The van der Waals surface area contributed by atoms with Crippen molar-refractivity contribution in [3.05, 3.63) is 59.2 Å². The largest absolute Gasteiger partial charge is 0.421 e. The first kappa shape index (κ1) is 22.1. The van der Waals surface area contributed by atoms with E-state index in [0.29, 0.717) is 28.8 Å². The minimum absolute atomic E-state index is 0.0617. The summed E-state index contributed by atoms with van der Waals surface area (Å²) in [7, 11) is -3.56. The molecule has 0 bridgehead atoms. The summed E-state index contributed by atoms with van der Waals surface area (Å²) < 4.78 is 27.2. The van der Waals surface area contributed by atoms with E-state index < -0.39 is 7.60 Å². The lowest BCUT2D eigenvalue weighted by molar-refractivity contribution is 0.0414. The molecular formula is C25H35O3P. The summed E-state index contributed by atoms with van der Waals surface area (Å²) in [5.41, 5.74) is 3.08. The quantitative estimate of drug-likeness (QED) is 0.478. The van der Waals surface area contributed by atoms with E-state index in [-0.39, 0.29) is 6.10 Å². The molecule has 1 aliphatic carbocycles. The Kier molecular flexibility index (Phi) is 6.91. The van der Waals surface area contributed by atoms with Gasteiger partial charge in [0.1, 0.15) is 5.75 Å². The van der Waals surface area contributed by atoms with Gasteiger partial charge in [-0.25, -0.2) is 4.57 Å². The molecule has 1 aliphatic rings. The van der Waals surface area contributed by atoms with Crippen LogP contribution in [0.4, 0.5) is 0 Å². The van der Waals surface area contributed by atoms with Crippen LogP contribution in [0, 0.1) is 38.5 Å². The molecule has 2 aromatic carbocycles. The molecule has 2 aromatic rings. The molecule has 1 saturated carbocycles. The van der Waals surface area contributed by atoms with Crippen LogP contribution in [0.5, 0.6) is 5.75 Å². The van der Waals surface area contributed by atoms with Crippen molar-refractivity contribution in [1.82, 2.24) is 0 Å². The van der Waals surface area contributed by atoms with Crippen molar-refractivity contribution in [2.75, 3.05) is 0 Å². The lowest BCUT2D eigenvalue weighted by atomic mass is 9.75. The number of benzene rings is 2. The van der Waals surface area contributed by atoms with Crippen LogP contribution in [-0.4, -0.2) is 6.10 Å². The molecule has 0 aromatic heterocycles. The van der Waals surface area contributed by atoms with E-state index in [2.05, 4.69) is 39.8 Å². The molecule has 0 aliphatic heterocycles. The molecule has 158 valence electrons. The average Bonchev–Trinajstić information content (AvgIpc) is 2.61. The van der Waals surface area contributed by atoms with Crippen molar-refractivity contribution in [2.45, 2.75) is 66.9 Å². The van der Waals surface area contributed by atoms with Crippen molar-refractivity contribution >= 4 is 12.9 Å². The summed E-state index contributed by atoms with van der Waals surface area (Å²) in [6.45, 7) is 12.8. The van der Waals surface area contributed by atoms with E-state index in [1.54, 1.807) is 0 Å². The molecule has 0 saturated heterocycles. The Bertz CT molecular complexity index is 852. The highest BCUT2D eigenvalue weighted by atomic mass is 31.2. The van der Waals surface area contributed by atoms with Crippen molar-refractivity contribution in [1.29, 1.82) is 0 Å². The number of rotatable bonds is 6. The van der Waals surface area contributed by atoms with Crippen LogP contribution in [0.2, 0.25) is 0 Å². The number of hydrogen-bond acceptors (Lipinski definition) is 3. The zero-order valence-corrected chi connectivity index (χ0v) is 19.5. The first-order valence-corrected chi connectivity index (χ1v) is 12.4. The summed E-state index contributed by atoms with van der Waals surface area (Å²) in [5.74, 6) is 2.03. The second-order valence-electron chi connectivity index (χ2n) is 9.12. The SMILES string of the molecule is Cc1cc(C)c(P(=O)(Oc2ccccc2)O[C@H]2C[C@@H](C)CC[C@@H]2C(C)C)c(C)c1. The van der Waals surface area contributed by atoms with Crippen LogP contribution in [-0.2, 0) is 9.09 Å². The molecule has 3 nitrogen and oxygen atoms in total. The Labute approximate surface area is 176 Å². The van der Waals surface area contributed by atoms with Gasteiger partial charge in [-0.2, -0.15) is 0 Å². The Morgan fingerprint density at radius 3 is 2.21 bits per heavy atom. The molecule has 1 unspecified atom stereocenters. The van der Waals surface area contributed by atoms with Crippen molar-refractivity contribution in [3.8, 4) is 5.75 Å². The minimum Gasteiger partial charge on any atom is -0.421 e. The van der Waals surface area contributed by atoms with Gasteiger partial charge in [0.25, 0.3) is 0 Å². The second-order valence-corrected chi connectivity index (χ2v) is 11.0. The fourth-order valence-corrected chi connectivity index (χ4v) is 6.99. The summed E-state index contributed by atoms with van der Waals surface area (Å²) in [5, 5.41) is 0.715. The predicted molar refractivity (Wildman–Crippen MR) is 121 cm³/mol. The smallest absolute Gasteiger partial charge is 0.411 e. The van der Waals surface area contributed by atoms with Crippen LogP contribution >= 0.6 is 7.60 Å². The highest BCUT2D eigenvalue weighted by Gasteiger charge is 2.41. The zero-order chi connectivity index (χ0) is 21.2. The monoisotopic (exact) mass is 414 g/mol. The maximum Gasteiger partial charge on any atom is 0.411 e. The minimum atomic E-state index is -3.56. The van der Waals surface area contributed by atoms with Crippen LogP contribution in [0.25, 0.3) is 0 Å². The molecule has 0 spiro atoms. The van der Waals surface area contributed by atoms with Crippen LogP contribution in [0.3, 0.4) is 0 Å². The normalized spacial score (nSPS) is 24.3. The molecule has 0 N–H and O–H groups in total. The van der Waals surface area contributed by atoms with Gasteiger partial charge in [0.05, 0.1) is 11.4 Å². The second kappa shape index (κ2) is 9.06. The van der Waals surface area contributed by atoms with Gasteiger partial charge in [0.15, 0.2) is 0 Å². The zero-order valence-electron chi connectivity index (χ0n) is 18.6. The molecular weight excluding hydrogens is 379 g/mol. The maximum absolute atomic E-state index is 14.4. The van der Waals surface area contributed by atoms with Gasteiger partial charge >= 0.3 is 7.60 Å². The van der Waals surface area contributed by atoms with E-state index >= 15 is 0 Å². The van der Waals surface area contributed by atoms with E-state index in [9.17, 15) is 4.57 Å². The molecule has 29 heavy (non-hydrogen) atoms. The Balaban J connectivity index is 2.05. The lowest BCUT2D eigenvalue weighted by Gasteiger charge is -2.38. The fraction of sp³-hybridized carbons (Fsp3) is 0.520. The maximum atomic E-state index is 14.4. The van der Waals surface area contributed by atoms with Crippen LogP contribution < -0.4 is 9.83 Å². The van der Waals surface area contributed by atoms with E-state index in [1.807, 2.05) is 44.2 Å². The van der Waals surface area contributed by atoms with Gasteiger partial charge in [-0.15, -0.1) is 0 Å². The summed E-state index contributed by atoms with van der Waals surface area (Å²) in [6.07, 6.45) is 3.18. The highest BCUT2D eigenvalue weighted by molar-refractivity contribution is 7.62. The molecule has 0 radical (unpaired) electrons. The number of aryl methyl sites for hydroxylation is 3. The third kappa shape index (κ3) is 5.13. The molecule has 4 atom stereocenters. The summed E-state index contributed by atoms with van der Waals surface area (Å²) in [4.78, 5) is 0. The Morgan fingerprint density at radius 1 is 1.00 bits per heavy atom. The van der Waals surface area contributed by atoms with Crippen molar-refractivity contribution in [3.63, 3.8) is 0 Å². The molecule has 0 heterocycles. The third-order valence-corrected chi connectivity index (χ3v) is 8.37. The number of para-hydroxylation sites is 1. The Hall–Kier alpha value is -1.57. The van der Waals surface area contributed by atoms with Gasteiger partial charge in [0, 0.05) is 0 Å². The van der Waals surface area contributed by atoms with Crippen molar-refractivity contribution in [2.24, 2.45) is 17.8 Å².